The molecular weight excluding hydrogens is 593 g/mol. The zero-order valence-electron chi connectivity index (χ0n) is 24.1. The molecule has 0 aliphatic rings. The molecule has 0 bridgehead atoms. The van der Waals surface area contributed by atoms with Crippen LogP contribution in [0, 0.1) is 5.92 Å². The Kier molecular flexibility index (Phi) is 11.2. The molecule has 2 amide bonds. The number of ether oxygens (including phenoxy) is 2. The maximum Gasteiger partial charge on any atom is 0.297 e. The Hall–Kier alpha value is -3.90. The Balaban J connectivity index is 1.47. The summed E-state index contributed by atoms with van der Waals surface area (Å²) < 4.78 is 13.6. The molecule has 0 spiro atoms. The van der Waals surface area contributed by atoms with Gasteiger partial charge in [0, 0.05) is 30.3 Å². The summed E-state index contributed by atoms with van der Waals surface area (Å²) in [6.07, 6.45) is 2.53. The van der Waals surface area contributed by atoms with E-state index in [-0.39, 0.29) is 42.3 Å². The number of hydrogen-bond acceptors (Lipinski definition) is 8. The van der Waals surface area contributed by atoms with Crippen LogP contribution in [0.3, 0.4) is 0 Å². The fourth-order valence-electron chi connectivity index (χ4n) is 4.49. The van der Waals surface area contributed by atoms with Crippen LogP contribution in [0.1, 0.15) is 24.1 Å². The third-order valence-corrected chi connectivity index (χ3v) is 7.87. The third-order valence-electron chi connectivity index (χ3n) is 7.09. The second-order valence-corrected chi connectivity index (χ2v) is 10.7. The molecule has 0 aliphatic heterocycles. The molecule has 4 aromatic rings. The third kappa shape index (κ3) is 7.74. The number of aromatic nitrogens is 3. The van der Waals surface area contributed by atoms with E-state index < -0.39 is 0 Å². The van der Waals surface area contributed by atoms with Crippen molar-refractivity contribution in [3.8, 4) is 11.8 Å². The number of likely N-dealkylation sites (N-methyl/N-ethyl adjacent to an activating group) is 1. The first kappa shape index (κ1) is 32.0. The minimum atomic E-state index is -0.353. The lowest BCUT2D eigenvalue weighted by Crippen LogP contribution is -2.38. The van der Waals surface area contributed by atoms with Gasteiger partial charge in [0.15, 0.2) is 0 Å². The molecule has 11 nitrogen and oxygen atoms in total. The van der Waals surface area contributed by atoms with Crippen molar-refractivity contribution in [1.82, 2.24) is 19.9 Å². The first-order valence-electron chi connectivity index (χ1n) is 13.7. The zero-order chi connectivity index (χ0) is 30.9. The van der Waals surface area contributed by atoms with E-state index in [4.69, 9.17) is 44.1 Å². The van der Waals surface area contributed by atoms with Gasteiger partial charge < -0.3 is 31.2 Å². The van der Waals surface area contributed by atoms with Gasteiger partial charge in [-0.05, 0) is 61.8 Å². The summed E-state index contributed by atoms with van der Waals surface area (Å²) >= 11 is 13.3. The summed E-state index contributed by atoms with van der Waals surface area (Å²) in [5.41, 5.74) is 14.5. The molecule has 0 fully saturated rings. The number of methoxy groups -OCH3 is 1. The molecule has 2 aromatic heterocycles. The quantitative estimate of drug-likeness (QED) is 0.191. The minimum absolute atomic E-state index is 0.0161. The number of nitrogens with one attached hydrogen (secondary N) is 1. The van der Waals surface area contributed by atoms with Gasteiger partial charge in [-0.3, -0.25) is 19.1 Å². The van der Waals surface area contributed by atoms with Crippen molar-refractivity contribution in [1.29, 1.82) is 0 Å². The molecule has 0 saturated carbocycles. The Morgan fingerprint density at radius 2 is 1.88 bits per heavy atom. The number of para-hydroxylation sites is 1. The molecule has 0 aliphatic carbocycles. The summed E-state index contributed by atoms with van der Waals surface area (Å²) in [5.74, 6) is -0.0344. The van der Waals surface area contributed by atoms with Crippen LogP contribution in [-0.4, -0.2) is 60.1 Å². The summed E-state index contributed by atoms with van der Waals surface area (Å²) in [6.45, 7) is 1.10. The van der Waals surface area contributed by atoms with Gasteiger partial charge in [0.05, 0.1) is 42.1 Å². The van der Waals surface area contributed by atoms with E-state index in [2.05, 4.69) is 15.3 Å². The number of pyridine rings is 1. The van der Waals surface area contributed by atoms with Gasteiger partial charge in [-0.1, -0.05) is 35.3 Å². The molecule has 5 N–H and O–H groups in total. The summed E-state index contributed by atoms with van der Waals surface area (Å²) in [5, 5.41) is 3.28. The normalized spacial score (nSPS) is 11.1. The second kappa shape index (κ2) is 15.0. The van der Waals surface area contributed by atoms with Gasteiger partial charge in [-0.15, -0.1) is 0 Å². The Bertz CT molecular complexity index is 1560. The van der Waals surface area contributed by atoms with Crippen LogP contribution < -0.4 is 31.2 Å². The van der Waals surface area contributed by atoms with E-state index in [1.165, 1.54) is 4.90 Å². The Labute approximate surface area is 260 Å². The van der Waals surface area contributed by atoms with Gasteiger partial charge in [-0.25, -0.2) is 0 Å². The van der Waals surface area contributed by atoms with Crippen molar-refractivity contribution in [3.63, 3.8) is 0 Å². The number of rotatable bonds is 14. The highest BCUT2D eigenvalue weighted by Crippen LogP contribution is 2.36. The van der Waals surface area contributed by atoms with Gasteiger partial charge >= 0.3 is 0 Å². The van der Waals surface area contributed by atoms with Crippen LogP contribution in [-0.2, 0) is 22.7 Å². The highest BCUT2D eigenvalue weighted by molar-refractivity contribution is 6.38. The number of carbonyl (C=O) groups excluding carboxylic acids is 2. The predicted octanol–water partition coefficient (Wildman–Crippen LogP) is 3.77. The highest BCUT2D eigenvalue weighted by Gasteiger charge is 2.21. The average Bonchev–Trinajstić information content (AvgIpc) is 3.38. The SMILES string of the molecule is COc1nc2c(OCc3c(Cl)ccc(N(C)C(=O)CNC(=O)CCC(CN)CN)c3Cl)cccc2n1Cc1ccccn1. The van der Waals surface area contributed by atoms with Gasteiger partial charge in [0.1, 0.15) is 17.9 Å². The molecule has 0 atom stereocenters. The van der Waals surface area contributed by atoms with E-state index in [0.29, 0.717) is 59.6 Å². The Morgan fingerprint density at radius 3 is 2.58 bits per heavy atom. The summed E-state index contributed by atoms with van der Waals surface area (Å²) in [7, 11) is 3.14. The molecule has 43 heavy (non-hydrogen) atoms. The number of hydrogen-bond donors (Lipinski definition) is 3. The van der Waals surface area contributed by atoms with Crippen molar-refractivity contribution in [2.45, 2.75) is 26.0 Å². The molecular formula is C30H35Cl2N7O4. The van der Waals surface area contributed by atoms with E-state index in [9.17, 15) is 9.59 Å². The van der Waals surface area contributed by atoms with Crippen LogP contribution in [0.15, 0.2) is 54.7 Å². The molecule has 2 aromatic carbocycles. The molecule has 0 unspecified atom stereocenters. The number of nitrogens with zero attached hydrogens (tertiary/aromatic N) is 4. The van der Waals surface area contributed by atoms with E-state index in [0.717, 1.165) is 11.2 Å². The summed E-state index contributed by atoms with van der Waals surface area (Å²) in [6, 6.07) is 15.0. The van der Waals surface area contributed by atoms with Crippen molar-refractivity contribution in [2.75, 3.05) is 38.7 Å². The van der Waals surface area contributed by atoms with E-state index in [1.54, 1.807) is 38.6 Å². The number of fused-ring (bicyclic) bond motifs is 1. The van der Waals surface area contributed by atoms with Crippen LogP contribution in [0.5, 0.6) is 11.8 Å². The fourth-order valence-corrected chi connectivity index (χ4v) is 5.09. The molecule has 4 rings (SSSR count). The van der Waals surface area contributed by atoms with Crippen LogP contribution >= 0.6 is 23.2 Å². The first-order valence-corrected chi connectivity index (χ1v) is 14.5. The zero-order valence-corrected chi connectivity index (χ0v) is 25.6. The molecule has 13 heteroatoms. The lowest BCUT2D eigenvalue weighted by Gasteiger charge is -2.21. The smallest absolute Gasteiger partial charge is 0.297 e. The standard InChI is InChI=1S/C30H35Cl2N7O4/c1-38(27(41)16-36-26(40)12-9-19(14-33)15-34)23-11-10-22(31)21(28(23)32)18-43-25-8-5-7-24-29(25)37-30(42-2)39(24)17-20-6-3-4-13-35-20/h3-8,10-11,13,19H,9,12,14-18,33-34H2,1-2H3,(H,36,40). The topological polar surface area (TPSA) is 151 Å². The molecule has 228 valence electrons. The fraction of sp³-hybridized carbons (Fsp3) is 0.333. The van der Waals surface area contributed by atoms with E-state index >= 15 is 0 Å². The van der Waals surface area contributed by atoms with Crippen molar-refractivity contribution in [3.05, 3.63) is 76.0 Å². The largest absolute Gasteiger partial charge is 0.486 e. The minimum Gasteiger partial charge on any atom is -0.486 e. The van der Waals surface area contributed by atoms with Gasteiger partial charge in [0.25, 0.3) is 6.01 Å². The van der Waals surface area contributed by atoms with Crippen molar-refractivity contribution in [2.24, 2.45) is 17.4 Å². The van der Waals surface area contributed by atoms with Gasteiger partial charge in [-0.2, -0.15) is 4.98 Å². The maximum absolute atomic E-state index is 12.9. The second-order valence-electron chi connectivity index (χ2n) is 9.88. The number of amides is 2. The van der Waals surface area contributed by atoms with Crippen LogP contribution in [0.4, 0.5) is 5.69 Å². The number of carbonyl (C=O) groups is 2. The Morgan fingerprint density at radius 1 is 1.09 bits per heavy atom. The molecule has 0 radical (unpaired) electrons. The summed E-state index contributed by atoms with van der Waals surface area (Å²) in [4.78, 5) is 35.5. The molecule has 0 saturated heterocycles. The monoisotopic (exact) mass is 627 g/mol. The van der Waals surface area contributed by atoms with Crippen molar-refractivity contribution < 1.29 is 19.1 Å². The number of benzene rings is 2. The van der Waals surface area contributed by atoms with E-state index in [1.807, 2.05) is 34.9 Å². The van der Waals surface area contributed by atoms with Crippen molar-refractivity contribution >= 4 is 51.7 Å². The lowest BCUT2D eigenvalue weighted by molar-refractivity contribution is -0.125. The number of halogens is 2. The maximum atomic E-state index is 12.9. The number of nitrogens with two attached hydrogens (primary N) is 2. The first-order chi connectivity index (χ1) is 20.8. The van der Waals surface area contributed by atoms with Crippen LogP contribution in [0.25, 0.3) is 11.0 Å². The number of imidazole rings is 1. The van der Waals surface area contributed by atoms with Gasteiger partial charge in [0.2, 0.25) is 11.8 Å². The average molecular weight is 629 g/mol. The predicted molar refractivity (Wildman–Crippen MR) is 168 cm³/mol. The van der Waals surface area contributed by atoms with Crippen LogP contribution in [0.2, 0.25) is 10.0 Å². The highest BCUT2D eigenvalue weighted by atomic mass is 35.5. The lowest BCUT2D eigenvalue weighted by atomic mass is 10.0. The molecule has 2 heterocycles. The number of anilines is 1.